The molecule has 3 aromatic rings. The molecule has 0 amide bonds. The molecule has 7 rings (SSSR count). The first kappa shape index (κ1) is 20.9. The fraction of sp³-hybridized carbons (Fsp3) is 0.435. The maximum Gasteiger partial charge on any atom is 0.433 e. The molecule has 3 fully saturated rings. The Bertz CT molecular complexity index is 1340. The van der Waals surface area contributed by atoms with Gasteiger partial charge in [-0.25, -0.2) is 13.5 Å². The lowest BCUT2D eigenvalue weighted by molar-refractivity contribution is -0.141. The van der Waals surface area contributed by atoms with Crippen LogP contribution < -0.4 is 15.1 Å². The summed E-state index contributed by atoms with van der Waals surface area (Å²) in [6.07, 6.45) is -2.23. The van der Waals surface area contributed by atoms with Gasteiger partial charge in [0.1, 0.15) is 5.69 Å². The average molecular weight is 489 g/mol. The lowest BCUT2D eigenvalue weighted by Gasteiger charge is -2.38. The lowest BCUT2D eigenvalue weighted by Crippen LogP contribution is -2.47. The minimum absolute atomic E-state index is 0.138. The number of pyridine rings is 1. The number of halogens is 5. The Hall–Kier alpha value is -3.44. The predicted molar refractivity (Wildman–Crippen MR) is 116 cm³/mol. The number of nitrogens with zero attached hydrogens (tertiary/aromatic N) is 6. The van der Waals surface area contributed by atoms with E-state index in [0.717, 1.165) is 31.2 Å². The fourth-order valence-electron chi connectivity index (χ4n) is 6.29. The summed E-state index contributed by atoms with van der Waals surface area (Å²) in [4.78, 5) is 11.9. The zero-order valence-electron chi connectivity index (χ0n) is 18.3. The molecule has 7 nitrogen and oxygen atoms in total. The van der Waals surface area contributed by atoms with Crippen LogP contribution in [0.15, 0.2) is 36.5 Å². The third-order valence-corrected chi connectivity index (χ3v) is 8.02. The van der Waals surface area contributed by atoms with Crippen LogP contribution in [0.4, 0.5) is 45.2 Å². The molecular weight excluding hydrogens is 469 g/mol. The highest BCUT2D eigenvalue weighted by Crippen LogP contribution is 2.74. The summed E-state index contributed by atoms with van der Waals surface area (Å²) in [5.74, 6) is -0.0658. The van der Waals surface area contributed by atoms with Crippen molar-refractivity contribution in [1.29, 1.82) is 0 Å². The first-order chi connectivity index (χ1) is 16.7. The minimum Gasteiger partial charge on any atom is -0.370 e. The van der Waals surface area contributed by atoms with E-state index >= 15 is 0 Å². The van der Waals surface area contributed by atoms with E-state index in [1.54, 1.807) is 15.6 Å². The van der Waals surface area contributed by atoms with E-state index in [2.05, 4.69) is 20.4 Å². The third kappa shape index (κ3) is 3.04. The average Bonchev–Trinajstić information content (AvgIpc) is 3.10. The highest BCUT2D eigenvalue weighted by Gasteiger charge is 2.76. The Kier molecular flexibility index (Phi) is 4.07. The van der Waals surface area contributed by atoms with Gasteiger partial charge in [-0.05, 0) is 42.0 Å². The Morgan fingerprint density at radius 3 is 2.66 bits per heavy atom. The van der Waals surface area contributed by atoms with Crippen LogP contribution in [0.3, 0.4) is 0 Å². The Balaban J connectivity index is 1.07. The zero-order valence-corrected chi connectivity index (χ0v) is 18.3. The van der Waals surface area contributed by atoms with Crippen LogP contribution in [-0.4, -0.2) is 45.4 Å². The summed E-state index contributed by atoms with van der Waals surface area (Å²) < 4.78 is 68.1. The van der Waals surface area contributed by atoms with E-state index in [9.17, 15) is 22.0 Å². The molecule has 2 aromatic heterocycles. The summed E-state index contributed by atoms with van der Waals surface area (Å²) in [6, 6.07) is 6.64. The standard InChI is InChI=1S/C23H20F5N7/c24-16-2-1-13(7-17(16)25)34-5-6-35-21(34)31-20(32-35)30-19-14-9-22(14)11-33(10-15(19)22)12-3-4-29-18(8-12)23(26,27)28/h1-4,7-8,14-15,19H,5-6,9-11H2,(H,30,32)/t14?,15?,19-,22?/m1/s1. The van der Waals surface area contributed by atoms with Crippen molar-refractivity contribution in [3.63, 3.8) is 0 Å². The van der Waals surface area contributed by atoms with Crippen molar-refractivity contribution in [2.75, 3.05) is 34.8 Å². The normalized spacial score (nSPS) is 28.4. The van der Waals surface area contributed by atoms with Crippen LogP contribution in [0.25, 0.3) is 0 Å². The van der Waals surface area contributed by atoms with Crippen molar-refractivity contribution in [3.8, 4) is 0 Å². The number of alkyl halides is 3. The third-order valence-electron chi connectivity index (χ3n) is 8.02. The van der Waals surface area contributed by atoms with Crippen LogP contribution in [0.1, 0.15) is 12.1 Å². The molecule has 4 heterocycles. The van der Waals surface area contributed by atoms with Gasteiger partial charge in [-0.1, -0.05) is 0 Å². The molecule has 12 heteroatoms. The Morgan fingerprint density at radius 2 is 1.86 bits per heavy atom. The van der Waals surface area contributed by atoms with Gasteiger partial charge in [-0.3, -0.25) is 4.98 Å². The molecule has 4 aliphatic rings. The van der Waals surface area contributed by atoms with Crippen molar-refractivity contribution >= 4 is 23.3 Å². The van der Waals surface area contributed by atoms with E-state index in [4.69, 9.17) is 0 Å². The van der Waals surface area contributed by atoms with Crippen molar-refractivity contribution in [1.82, 2.24) is 19.7 Å². The van der Waals surface area contributed by atoms with Gasteiger partial charge in [-0.15, -0.1) is 5.10 Å². The minimum atomic E-state index is -4.47. The molecule has 1 aromatic carbocycles. The molecule has 2 aliphatic carbocycles. The summed E-state index contributed by atoms with van der Waals surface area (Å²) in [5.41, 5.74) is 0.311. The van der Waals surface area contributed by atoms with Gasteiger partial charge >= 0.3 is 6.18 Å². The number of fused-ring (bicyclic) bond motifs is 1. The molecule has 182 valence electrons. The monoisotopic (exact) mass is 489 g/mol. The van der Waals surface area contributed by atoms with Crippen molar-refractivity contribution in [2.45, 2.75) is 25.2 Å². The molecule has 3 unspecified atom stereocenters. The Labute approximate surface area is 196 Å². The van der Waals surface area contributed by atoms with Crippen LogP contribution in [0.2, 0.25) is 0 Å². The second-order valence-corrected chi connectivity index (χ2v) is 9.81. The second kappa shape index (κ2) is 6.82. The van der Waals surface area contributed by atoms with Crippen molar-refractivity contribution < 1.29 is 22.0 Å². The van der Waals surface area contributed by atoms with Gasteiger partial charge in [0, 0.05) is 55.2 Å². The molecule has 1 N–H and O–H groups in total. The van der Waals surface area contributed by atoms with Crippen LogP contribution in [-0.2, 0) is 12.7 Å². The summed E-state index contributed by atoms with van der Waals surface area (Å²) in [6.45, 7) is 2.52. The first-order valence-corrected chi connectivity index (χ1v) is 11.5. The molecule has 0 radical (unpaired) electrons. The number of rotatable bonds is 4. The van der Waals surface area contributed by atoms with E-state index in [1.807, 2.05) is 4.90 Å². The SMILES string of the molecule is Fc1ccc(N2CCn3nc(N[C@H]4C5CN(c6ccnc(C(F)(F)F)c6)CC56CC46)nc32)cc1F. The molecule has 4 atom stereocenters. The van der Waals surface area contributed by atoms with E-state index < -0.39 is 23.5 Å². The number of benzene rings is 1. The lowest BCUT2D eigenvalue weighted by atomic mass is 9.71. The van der Waals surface area contributed by atoms with Gasteiger partial charge in [0.05, 0.1) is 6.54 Å². The largest absolute Gasteiger partial charge is 0.433 e. The predicted octanol–water partition coefficient (Wildman–Crippen LogP) is 4.06. The molecule has 1 spiro atoms. The molecular formula is C23H20F5N7. The van der Waals surface area contributed by atoms with Crippen LogP contribution >= 0.6 is 0 Å². The summed E-state index contributed by atoms with van der Waals surface area (Å²) >= 11 is 0. The second-order valence-electron chi connectivity index (χ2n) is 9.81. The number of aromatic nitrogens is 4. The molecule has 2 aliphatic heterocycles. The van der Waals surface area contributed by atoms with Crippen LogP contribution in [0, 0.1) is 28.9 Å². The van der Waals surface area contributed by atoms with Crippen LogP contribution in [0.5, 0.6) is 0 Å². The van der Waals surface area contributed by atoms with Crippen molar-refractivity contribution in [3.05, 3.63) is 53.9 Å². The van der Waals surface area contributed by atoms with Gasteiger partial charge in [0.25, 0.3) is 0 Å². The maximum atomic E-state index is 13.7. The van der Waals surface area contributed by atoms with E-state index in [-0.39, 0.29) is 17.4 Å². The highest BCUT2D eigenvalue weighted by atomic mass is 19.4. The first-order valence-electron chi connectivity index (χ1n) is 11.5. The van der Waals surface area contributed by atoms with Gasteiger partial charge in [0.2, 0.25) is 11.9 Å². The van der Waals surface area contributed by atoms with Crippen molar-refractivity contribution in [2.24, 2.45) is 17.3 Å². The molecule has 2 saturated carbocycles. The number of hydrogen-bond donors (Lipinski definition) is 1. The Morgan fingerprint density at radius 1 is 1.00 bits per heavy atom. The fourth-order valence-corrected chi connectivity index (χ4v) is 6.29. The summed E-state index contributed by atoms with van der Waals surface area (Å²) in [7, 11) is 0. The maximum absolute atomic E-state index is 13.7. The molecule has 0 bridgehead atoms. The van der Waals surface area contributed by atoms with Gasteiger partial charge in [-0.2, -0.15) is 18.2 Å². The smallest absolute Gasteiger partial charge is 0.370 e. The van der Waals surface area contributed by atoms with E-state index in [1.165, 1.54) is 12.3 Å². The number of nitrogens with one attached hydrogen (secondary N) is 1. The molecule has 35 heavy (non-hydrogen) atoms. The number of hydrogen-bond acceptors (Lipinski definition) is 6. The summed E-state index contributed by atoms with van der Waals surface area (Å²) in [5, 5.41) is 7.99. The highest BCUT2D eigenvalue weighted by molar-refractivity contribution is 5.60. The van der Waals surface area contributed by atoms with Gasteiger partial charge in [0.15, 0.2) is 11.6 Å². The zero-order chi connectivity index (χ0) is 24.1. The molecule has 1 saturated heterocycles. The van der Waals surface area contributed by atoms with Gasteiger partial charge < -0.3 is 15.1 Å². The van der Waals surface area contributed by atoms with E-state index in [0.29, 0.717) is 48.8 Å². The quantitative estimate of drug-likeness (QED) is 0.558. The topological polar surface area (TPSA) is 62.1 Å². The number of anilines is 4.